The van der Waals surface area contributed by atoms with Crippen LogP contribution in [-0.2, 0) is 19.2 Å². The van der Waals surface area contributed by atoms with Gasteiger partial charge in [-0.05, 0) is 180 Å². The van der Waals surface area contributed by atoms with Gasteiger partial charge >= 0.3 is 23.9 Å². The van der Waals surface area contributed by atoms with Gasteiger partial charge in [0.25, 0.3) is 0 Å². The molecule has 17 rings (SSSR count). The first-order valence-electron chi connectivity index (χ1n) is 39.9. The topological polar surface area (TPSA) is 289 Å². The predicted molar refractivity (Wildman–Crippen MR) is 458 cm³/mol. The molecule has 29 heteroatoms. The van der Waals surface area contributed by atoms with E-state index in [-0.39, 0.29) is 12.8 Å². The van der Waals surface area contributed by atoms with Crippen LogP contribution < -0.4 is 33.2 Å². The van der Waals surface area contributed by atoms with Crippen molar-refractivity contribution in [2.45, 2.75) is 52.4 Å². The smallest absolute Gasteiger partial charge is 0.310 e. The van der Waals surface area contributed by atoms with Gasteiger partial charge in [0, 0.05) is 133 Å². The maximum atomic E-state index is 11.5. The molecule has 27 nitrogen and oxygen atoms in total. The molecule has 9 aliphatic rings. The maximum Gasteiger partial charge on any atom is 0.310 e. The van der Waals surface area contributed by atoms with Gasteiger partial charge < -0.3 is 73.2 Å². The van der Waals surface area contributed by atoms with Crippen LogP contribution >= 0.6 is 31.9 Å². The summed E-state index contributed by atoms with van der Waals surface area (Å²) in [5.74, 6) is 8.86. The minimum Gasteiger partial charge on any atom is -0.497 e. The van der Waals surface area contributed by atoms with Gasteiger partial charge in [0.2, 0.25) is 0 Å². The number of halogens is 2. The van der Waals surface area contributed by atoms with E-state index in [0.29, 0.717) is 25.9 Å². The molecular weight excluding hydrogens is 1640 g/mol. The second kappa shape index (κ2) is 37.7. The summed E-state index contributed by atoms with van der Waals surface area (Å²) in [6.45, 7) is 19.5. The number of fused-ring (bicyclic) bond motifs is 8. The van der Waals surface area contributed by atoms with Gasteiger partial charge in [-0.15, -0.1) is 0 Å². The van der Waals surface area contributed by atoms with Crippen LogP contribution in [0.15, 0.2) is 193 Å². The Bertz CT molecular complexity index is 5120. The normalized spacial score (nSPS) is 17.2. The zero-order valence-electron chi connectivity index (χ0n) is 66.9. The lowest BCUT2D eigenvalue weighted by Gasteiger charge is -2.37. The van der Waals surface area contributed by atoms with Crippen molar-refractivity contribution in [3.8, 4) is 63.2 Å². The number of rotatable bonds is 17. The van der Waals surface area contributed by atoms with Gasteiger partial charge in [0.1, 0.15) is 86.3 Å². The number of carboxylic acid groups (broad SMARTS) is 4. The second-order valence-corrected chi connectivity index (χ2v) is 32.6. The zero-order valence-corrected chi connectivity index (χ0v) is 70.0. The van der Waals surface area contributed by atoms with E-state index in [1.165, 1.54) is 0 Å². The summed E-state index contributed by atoms with van der Waals surface area (Å²) in [5, 5.41) is 36.6. The van der Waals surface area contributed by atoms with E-state index in [0.717, 1.165) is 271 Å². The summed E-state index contributed by atoms with van der Waals surface area (Å²) in [7, 11) is 4.95. The van der Waals surface area contributed by atoms with E-state index in [2.05, 4.69) is 77.1 Å². The van der Waals surface area contributed by atoms with Crippen molar-refractivity contribution in [1.82, 2.24) is 39.2 Å². The molecule has 8 aromatic carbocycles. The molecule has 1 saturated carbocycles. The Morgan fingerprint density at radius 3 is 1.09 bits per heavy atom. The molecule has 5 fully saturated rings. The Labute approximate surface area is 703 Å². The highest BCUT2D eigenvalue weighted by atomic mass is 79.9. The van der Waals surface area contributed by atoms with Crippen LogP contribution in [0.5, 0.6) is 63.2 Å². The SMILES string of the molecule is CC(C)(CCN1CCN(C2=Nc3cc(Br)ccc3Oc3ccc(Br)cc32)CC1)C(=O)O.COc1ccc2c(c1)C(N1CCN(CC3(C(=O)O)CC3)CC1)=Nc1ccccc1O2.COc1ccc2c(c1)C(N1CCN(CCC(=O)O)CC1)=Nc1ccccc1O2.COc1ccc2c(c1)C(N1CCN(CCCC(=O)O)CC1)=Nc1ccccc1O2. The number of piperazine rings is 4. The third-order valence-corrected chi connectivity index (χ3v) is 23.4. The fourth-order valence-corrected chi connectivity index (χ4v) is 15.8. The van der Waals surface area contributed by atoms with Crippen LogP contribution in [-0.4, -0.2) is 259 Å². The Morgan fingerprint density at radius 2 is 0.720 bits per heavy atom. The number of ether oxygens (including phenoxy) is 7. The summed E-state index contributed by atoms with van der Waals surface area (Å²) in [6.07, 6.45) is 3.27. The lowest BCUT2D eigenvalue weighted by molar-refractivity contribution is -0.147. The first-order valence-corrected chi connectivity index (χ1v) is 41.4. The Hall–Kier alpha value is -11.1. The van der Waals surface area contributed by atoms with Crippen molar-refractivity contribution in [3.05, 3.63) is 195 Å². The van der Waals surface area contributed by atoms with Gasteiger partial charge in [0.05, 0.1) is 60.8 Å². The van der Waals surface area contributed by atoms with E-state index in [1.807, 2.05) is 158 Å². The van der Waals surface area contributed by atoms with Crippen LogP contribution in [0, 0.1) is 10.8 Å². The first kappa shape index (κ1) is 83.4. The van der Waals surface area contributed by atoms with Crippen molar-refractivity contribution in [2.75, 3.05) is 152 Å². The average molecular weight is 1740 g/mol. The van der Waals surface area contributed by atoms with Gasteiger partial charge in [-0.25, -0.2) is 20.0 Å². The Kier molecular flexibility index (Phi) is 26.6. The van der Waals surface area contributed by atoms with Crippen LogP contribution in [0.4, 0.5) is 22.7 Å². The van der Waals surface area contributed by atoms with Crippen LogP contribution in [0.1, 0.15) is 74.6 Å². The molecule has 0 atom stereocenters. The molecule has 1 aliphatic carbocycles. The van der Waals surface area contributed by atoms with Gasteiger partial charge in [0.15, 0.2) is 23.0 Å². The molecule has 8 aromatic rings. The van der Waals surface area contributed by atoms with E-state index in [1.54, 1.807) is 35.2 Å². The number of aliphatic carboxylic acids is 4. The molecule has 0 amide bonds. The number of hydrogen-bond donors (Lipinski definition) is 4. The predicted octanol–water partition coefficient (Wildman–Crippen LogP) is 15.2. The molecule has 0 unspecified atom stereocenters. The molecule has 618 valence electrons. The quantitative estimate of drug-likeness (QED) is 0.0659. The molecule has 0 radical (unpaired) electrons. The van der Waals surface area contributed by atoms with E-state index < -0.39 is 34.7 Å². The van der Waals surface area contributed by atoms with E-state index in [4.69, 9.17) is 63.3 Å². The van der Waals surface area contributed by atoms with Crippen molar-refractivity contribution in [2.24, 2.45) is 30.8 Å². The number of nitrogens with zero attached hydrogens (tertiary/aromatic N) is 12. The number of aliphatic imine (C=N–C) groups is 4. The lowest BCUT2D eigenvalue weighted by atomic mass is 9.89. The number of amidine groups is 4. The number of carbonyl (C=O) groups is 4. The summed E-state index contributed by atoms with van der Waals surface area (Å²) in [6, 6.07) is 52.5. The number of methoxy groups -OCH3 is 3. The largest absolute Gasteiger partial charge is 0.497 e. The fourth-order valence-electron chi connectivity index (χ4n) is 15.1. The maximum absolute atomic E-state index is 11.5. The van der Waals surface area contributed by atoms with Crippen LogP contribution in [0.2, 0.25) is 0 Å². The summed E-state index contributed by atoms with van der Waals surface area (Å²) in [4.78, 5) is 82.5. The van der Waals surface area contributed by atoms with Crippen LogP contribution in [0.25, 0.3) is 0 Å². The minimum atomic E-state index is -0.759. The summed E-state index contributed by atoms with van der Waals surface area (Å²) in [5.41, 5.74) is 5.65. The van der Waals surface area contributed by atoms with Gasteiger partial charge in [-0.1, -0.05) is 68.3 Å². The zero-order chi connectivity index (χ0) is 82.6. The Morgan fingerprint density at radius 1 is 0.390 bits per heavy atom. The molecule has 0 bridgehead atoms. The third-order valence-electron chi connectivity index (χ3n) is 22.4. The highest BCUT2D eigenvalue weighted by Crippen LogP contribution is 2.48. The van der Waals surface area contributed by atoms with E-state index in [9.17, 15) is 29.4 Å². The minimum absolute atomic E-state index is 0.169. The number of para-hydroxylation sites is 6. The molecule has 118 heavy (non-hydrogen) atoms. The highest BCUT2D eigenvalue weighted by Gasteiger charge is 2.51. The molecule has 0 spiro atoms. The van der Waals surface area contributed by atoms with Crippen molar-refractivity contribution >= 4 is 102 Å². The number of benzene rings is 8. The van der Waals surface area contributed by atoms with Gasteiger partial charge in [-0.2, -0.15) is 0 Å². The molecule has 0 aromatic heterocycles. The molecular formula is C89H98Br2N12O15. The summed E-state index contributed by atoms with van der Waals surface area (Å²) < 4.78 is 42.9. The third kappa shape index (κ3) is 20.4. The lowest BCUT2D eigenvalue weighted by Crippen LogP contribution is -2.50. The molecule has 8 heterocycles. The van der Waals surface area contributed by atoms with E-state index >= 15 is 0 Å². The fraction of sp³-hybridized carbons (Fsp3) is 0.371. The monoisotopic (exact) mass is 1730 g/mol. The molecule has 8 aliphatic heterocycles. The average Bonchev–Trinajstić information content (AvgIpc) is 1.58. The number of hydrogen-bond acceptors (Lipinski definition) is 23. The standard InChI is InChI=1S/C23H25Br2N3O3.C23H25N3O4.C22H25N3O4.C21H23N3O4/c1-23(2,22(29)30)7-8-27-9-11-28(12-10-27)21-17-13-15(24)3-5-19(17)31-20-6-4-16(25)14-18(20)26-21;1-29-16-6-7-19-17(14-16)21(24-18-4-2-3-5-20(18)30-19)26-12-10-25(11-13-26)15-23(8-9-23)22(27)28;1-28-16-8-9-19-17(15-16)22(23-18-5-2-3-6-20(18)29-19)25-13-11-24(12-14-25)10-4-7-21(26)27;1-27-15-6-7-18-16(14-15)21(22-17-4-2-3-5-19(17)28-18)24-12-10-23(11-13-24)9-8-20(25)26/h3-6,13-14H,7-12H2,1-2H3,(H,29,30);2-7,14H,8-13,15H2,1H3,(H,27,28);2-3,5-6,8-9,15H,4,7,10-14H2,1H3,(H,26,27);2-7,14H,8-13H2,1H3,(H,25,26). The number of carboxylic acids is 4. The first-order chi connectivity index (χ1) is 57.1. The van der Waals surface area contributed by atoms with Crippen LogP contribution in [0.3, 0.4) is 0 Å². The Balaban J connectivity index is 0.000000129. The van der Waals surface area contributed by atoms with Crippen molar-refractivity contribution in [3.63, 3.8) is 0 Å². The van der Waals surface area contributed by atoms with Crippen molar-refractivity contribution < 1.29 is 72.8 Å². The highest BCUT2D eigenvalue weighted by molar-refractivity contribution is 9.10. The molecule has 4 saturated heterocycles. The second-order valence-electron chi connectivity index (χ2n) is 30.8. The van der Waals surface area contributed by atoms with Gasteiger partial charge in [-0.3, -0.25) is 38.8 Å². The summed E-state index contributed by atoms with van der Waals surface area (Å²) >= 11 is 7.12. The van der Waals surface area contributed by atoms with Crippen molar-refractivity contribution in [1.29, 1.82) is 0 Å². The molecule has 4 N–H and O–H groups in total.